The monoisotopic (exact) mass is 429 g/mol. The van der Waals surface area contributed by atoms with E-state index in [-0.39, 0.29) is 5.15 Å². The fourth-order valence-corrected chi connectivity index (χ4v) is 4.49. The predicted molar refractivity (Wildman–Crippen MR) is 111 cm³/mol. The van der Waals surface area contributed by atoms with Crippen molar-refractivity contribution in [1.82, 2.24) is 9.97 Å². The second-order valence-electron chi connectivity index (χ2n) is 5.62. The number of thiophene rings is 1. The number of hydrogen-bond donors (Lipinski definition) is 1. The highest BCUT2D eigenvalue weighted by molar-refractivity contribution is 7.26. The number of benzene rings is 1. The maximum Gasteiger partial charge on any atom is 0.348 e. The van der Waals surface area contributed by atoms with Crippen LogP contribution in [0, 0.1) is 0 Å². The van der Waals surface area contributed by atoms with E-state index in [0.717, 1.165) is 20.1 Å². The van der Waals surface area contributed by atoms with Gasteiger partial charge in [0.1, 0.15) is 9.88 Å². The van der Waals surface area contributed by atoms with Gasteiger partial charge < -0.3 is 10.1 Å². The second-order valence-corrected chi connectivity index (χ2v) is 8.09. The van der Waals surface area contributed by atoms with Crippen molar-refractivity contribution < 1.29 is 14.3 Å². The average Bonchev–Trinajstić information content (AvgIpc) is 3.35. The van der Waals surface area contributed by atoms with Crippen molar-refractivity contribution in [2.24, 2.45) is 0 Å². The van der Waals surface area contributed by atoms with Gasteiger partial charge in [0.25, 0.3) is 5.91 Å². The Balaban J connectivity index is 1.39. The van der Waals surface area contributed by atoms with Crippen LogP contribution >= 0.6 is 34.3 Å². The van der Waals surface area contributed by atoms with Crippen LogP contribution in [0.25, 0.3) is 20.1 Å². The van der Waals surface area contributed by atoms with Crippen LogP contribution in [0.5, 0.6) is 0 Å². The summed E-state index contributed by atoms with van der Waals surface area (Å²) in [5.41, 5.74) is 1.28. The molecule has 4 rings (SSSR count). The number of nitrogens with zero attached hydrogens (tertiary/aromatic N) is 2. The minimum absolute atomic E-state index is 0.168. The maximum atomic E-state index is 12.2. The van der Waals surface area contributed by atoms with Gasteiger partial charge in [-0.15, -0.1) is 22.7 Å². The van der Waals surface area contributed by atoms with Gasteiger partial charge in [-0.25, -0.2) is 14.8 Å². The van der Waals surface area contributed by atoms with E-state index in [0.29, 0.717) is 10.6 Å². The van der Waals surface area contributed by atoms with Crippen molar-refractivity contribution in [3.05, 3.63) is 64.8 Å². The number of nitrogens with one attached hydrogen (secondary N) is 1. The van der Waals surface area contributed by atoms with Crippen molar-refractivity contribution in [3.63, 3.8) is 0 Å². The highest BCUT2D eigenvalue weighted by Gasteiger charge is 2.16. The lowest BCUT2D eigenvalue weighted by molar-refractivity contribution is -0.119. The topological polar surface area (TPSA) is 81.2 Å². The normalized spacial score (nSPS) is 10.8. The van der Waals surface area contributed by atoms with Crippen LogP contribution in [0.4, 0.5) is 5.69 Å². The third kappa shape index (κ3) is 4.04. The molecule has 0 atom stereocenters. The van der Waals surface area contributed by atoms with Gasteiger partial charge in [0.05, 0.1) is 20.8 Å². The van der Waals surface area contributed by atoms with Gasteiger partial charge in [-0.2, -0.15) is 0 Å². The quantitative estimate of drug-likeness (QED) is 0.361. The summed E-state index contributed by atoms with van der Waals surface area (Å²) in [7, 11) is 0. The zero-order valence-corrected chi connectivity index (χ0v) is 16.6. The Kier molecular flexibility index (Phi) is 5.34. The zero-order valence-electron chi connectivity index (χ0n) is 14.2. The Morgan fingerprint density at radius 2 is 1.93 bits per heavy atom. The molecule has 9 heteroatoms. The van der Waals surface area contributed by atoms with Crippen LogP contribution in [-0.2, 0) is 9.53 Å². The fourth-order valence-electron chi connectivity index (χ4n) is 2.41. The molecule has 0 aliphatic heterocycles. The van der Waals surface area contributed by atoms with E-state index in [1.54, 1.807) is 29.5 Å². The smallest absolute Gasteiger partial charge is 0.348 e. The Morgan fingerprint density at radius 3 is 2.75 bits per heavy atom. The Bertz CT molecular complexity index is 1140. The van der Waals surface area contributed by atoms with Crippen molar-refractivity contribution in [3.8, 4) is 9.88 Å². The molecule has 0 spiro atoms. The number of para-hydroxylation sites is 1. The first-order valence-electron chi connectivity index (χ1n) is 8.13. The summed E-state index contributed by atoms with van der Waals surface area (Å²) in [6, 6.07) is 14.6. The number of aromatic nitrogens is 2. The minimum atomic E-state index is -0.565. The Labute approximate surface area is 172 Å². The molecule has 1 N–H and O–H groups in total. The molecule has 0 bridgehead atoms. The number of hydrogen-bond acceptors (Lipinski definition) is 7. The molecule has 3 aromatic heterocycles. The van der Waals surface area contributed by atoms with Crippen molar-refractivity contribution in [2.45, 2.75) is 0 Å². The van der Waals surface area contributed by atoms with Gasteiger partial charge in [-0.05, 0) is 36.4 Å². The minimum Gasteiger partial charge on any atom is -0.451 e. The largest absolute Gasteiger partial charge is 0.451 e. The molecule has 0 radical (unpaired) electrons. The number of rotatable bonds is 5. The molecule has 0 saturated carbocycles. The lowest BCUT2D eigenvalue weighted by Gasteiger charge is -2.06. The van der Waals surface area contributed by atoms with E-state index >= 15 is 0 Å². The molecule has 1 aromatic carbocycles. The van der Waals surface area contributed by atoms with Gasteiger partial charge in [0, 0.05) is 6.20 Å². The molecule has 0 aliphatic carbocycles. The van der Waals surface area contributed by atoms with Crippen LogP contribution in [-0.4, -0.2) is 28.5 Å². The summed E-state index contributed by atoms with van der Waals surface area (Å²) in [5, 5.41) is 3.56. The Hall–Kier alpha value is -2.81. The van der Waals surface area contributed by atoms with Crippen molar-refractivity contribution in [1.29, 1.82) is 0 Å². The number of carbonyl (C=O) groups is 2. The molecule has 6 nitrogen and oxygen atoms in total. The number of anilines is 1. The van der Waals surface area contributed by atoms with Gasteiger partial charge in [0.15, 0.2) is 11.8 Å². The van der Waals surface area contributed by atoms with Crippen LogP contribution in [0.2, 0.25) is 5.15 Å². The van der Waals surface area contributed by atoms with E-state index in [4.69, 9.17) is 16.3 Å². The number of ether oxygens (including phenoxy) is 1. The van der Waals surface area contributed by atoms with Crippen molar-refractivity contribution in [2.75, 3.05) is 11.9 Å². The number of thiazole rings is 1. The molecule has 0 aliphatic rings. The standard InChI is InChI=1S/C19H12ClN3O3S2/c20-17-12(5-3-9-21-17)22-16(24)10-26-19(25)15-8-7-14(27-15)18-23-11-4-1-2-6-13(11)28-18/h1-9H,10H2,(H,22,24). The van der Waals surface area contributed by atoms with Gasteiger partial charge in [0.2, 0.25) is 0 Å². The van der Waals surface area contributed by atoms with Gasteiger partial charge in [-0.1, -0.05) is 23.7 Å². The fraction of sp³-hybridized carbons (Fsp3) is 0.0526. The molecule has 3 heterocycles. The first kappa shape index (κ1) is 18.5. The predicted octanol–water partition coefficient (Wildman–Crippen LogP) is 4.87. The number of fused-ring (bicyclic) bond motifs is 1. The molecule has 4 aromatic rings. The molecule has 0 unspecified atom stereocenters. The molecular weight excluding hydrogens is 418 g/mol. The van der Waals surface area contributed by atoms with Gasteiger partial charge >= 0.3 is 5.97 Å². The van der Waals surface area contributed by atoms with E-state index < -0.39 is 18.5 Å². The van der Waals surface area contributed by atoms with Crippen LogP contribution in [0.15, 0.2) is 54.7 Å². The maximum absolute atomic E-state index is 12.2. The third-order valence-corrected chi connectivity index (χ3v) is 6.25. The molecule has 28 heavy (non-hydrogen) atoms. The molecule has 0 saturated heterocycles. The Morgan fingerprint density at radius 1 is 1.07 bits per heavy atom. The van der Waals surface area contributed by atoms with E-state index in [1.165, 1.54) is 17.5 Å². The number of esters is 1. The molecule has 140 valence electrons. The number of carbonyl (C=O) groups excluding carboxylic acids is 2. The molecule has 1 amide bonds. The summed E-state index contributed by atoms with van der Waals surface area (Å²) in [6.45, 7) is -0.418. The van der Waals surface area contributed by atoms with E-state index in [1.807, 2.05) is 30.3 Å². The lowest BCUT2D eigenvalue weighted by atomic mass is 10.3. The number of amides is 1. The first-order valence-corrected chi connectivity index (χ1v) is 10.1. The summed E-state index contributed by atoms with van der Waals surface area (Å²) < 4.78 is 6.17. The first-order chi connectivity index (χ1) is 13.6. The number of halogens is 1. The number of pyridine rings is 1. The highest BCUT2D eigenvalue weighted by atomic mass is 35.5. The van der Waals surface area contributed by atoms with Crippen LogP contribution in [0.1, 0.15) is 9.67 Å². The van der Waals surface area contributed by atoms with E-state index in [9.17, 15) is 9.59 Å². The lowest BCUT2D eigenvalue weighted by Crippen LogP contribution is -2.20. The molecule has 0 fully saturated rings. The summed E-state index contributed by atoms with van der Waals surface area (Å²) in [5.74, 6) is -1.06. The van der Waals surface area contributed by atoms with Crippen molar-refractivity contribution >= 4 is 62.1 Å². The summed E-state index contributed by atoms with van der Waals surface area (Å²) in [4.78, 5) is 33.9. The van der Waals surface area contributed by atoms with Gasteiger partial charge in [-0.3, -0.25) is 4.79 Å². The molecular formula is C19H12ClN3O3S2. The third-order valence-electron chi connectivity index (χ3n) is 3.68. The van der Waals surface area contributed by atoms with E-state index in [2.05, 4.69) is 15.3 Å². The highest BCUT2D eigenvalue weighted by Crippen LogP contribution is 2.34. The average molecular weight is 430 g/mol. The summed E-state index contributed by atoms with van der Waals surface area (Å²) in [6.07, 6.45) is 1.51. The second kappa shape index (κ2) is 8.05. The zero-order chi connectivity index (χ0) is 19.5. The summed E-state index contributed by atoms with van der Waals surface area (Å²) >= 11 is 8.72. The van der Waals surface area contributed by atoms with Crippen LogP contribution in [0.3, 0.4) is 0 Å². The van der Waals surface area contributed by atoms with Crippen LogP contribution < -0.4 is 5.32 Å². The SMILES string of the molecule is O=C(COC(=O)c1ccc(-c2nc3ccccc3s2)s1)Nc1cccnc1Cl.